The number of furan rings is 1. The Labute approximate surface area is 276 Å². The number of anilines is 3. The van der Waals surface area contributed by atoms with E-state index in [1.54, 1.807) is 42.7 Å². The number of rotatable bonds is 6. The number of carboxylic acid groups (broad SMARTS) is 1. The molecule has 4 aromatic heterocycles. The average molecular weight is 678 g/mol. The van der Waals surface area contributed by atoms with E-state index in [1.165, 1.54) is 4.90 Å². The predicted octanol–water partition coefficient (Wildman–Crippen LogP) is 4.54. The molecule has 0 radical (unpaired) electrons. The highest BCUT2D eigenvalue weighted by Crippen LogP contribution is 2.43. The largest absolute Gasteiger partial charge is 0.480 e. The van der Waals surface area contributed by atoms with Crippen LogP contribution in [0.3, 0.4) is 0 Å². The van der Waals surface area contributed by atoms with Gasteiger partial charge in [0.1, 0.15) is 40.4 Å². The number of ether oxygens (including phenoxy) is 3. The fraction of sp³-hybridized carbons (Fsp3) is 0.364. The molecule has 3 atom stereocenters. The van der Waals surface area contributed by atoms with E-state index in [4.69, 9.17) is 24.4 Å². The molecule has 3 saturated heterocycles. The zero-order valence-corrected chi connectivity index (χ0v) is 26.1. The Kier molecular flexibility index (Phi) is 7.26. The van der Waals surface area contributed by atoms with E-state index in [1.807, 2.05) is 19.1 Å². The van der Waals surface area contributed by atoms with Gasteiger partial charge in [-0.3, -0.25) is 0 Å². The van der Waals surface area contributed by atoms with E-state index < -0.39 is 35.7 Å². The van der Waals surface area contributed by atoms with Crippen LogP contribution in [0.5, 0.6) is 5.88 Å². The minimum atomic E-state index is -4.90. The van der Waals surface area contributed by atoms with Crippen LogP contribution < -0.4 is 20.3 Å². The van der Waals surface area contributed by atoms with Gasteiger partial charge in [-0.1, -0.05) is 12.1 Å². The molecule has 0 amide bonds. The number of alkyl halides is 3. The Morgan fingerprint density at radius 3 is 2.67 bits per heavy atom. The number of pyridine rings is 2. The topological polar surface area (TPSA) is 162 Å². The maximum atomic E-state index is 14.1. The number of aliphatic carboxylic acids is 1. The minimum Gasteiger partial charge on any atom is -0.480 e. The monoisotopic (exact) mass is 677 g/mol. The summed E-state index contributed by atoms with van der Waals surface area (Å²) < 4.78 is 66.3. The molecule has 13 nitrogen and oxygen atoms in total. The van der Waals surface area contributed by atoms with Gasteiger partial charge in [0, 0.05) is 41.9 Å². The molecule has 0 aliphatic carbocycles. The van der Waals surface area contributed by atoms with Gasteiger partial charge in [-0.2, -0.15) is 13.2 Å². The maximum absolute atomic E-state index is 14.1. The smallest absolute Gasteiger partial charge is 0.451 e. The normalized spacial score (nSPS) is 22.2. The van der Waals surface area contributed by atoms with Gasteiger partial charge < -0.3 is 39.3 Å². The van der Waals surface area contributed by atoms with Gasteiger partial charge in [0.15, 0.2) is 11.4 Å². The van der Waals surface area contributed by atoms with Crippen LogP contribution >= 0.6 is 0 Å². The summed E-state index contributed by atoms with van der Waals surface area (Å²) in [5, 5.41) is 10.6. The number of aromatic nitrogens is 4. The number of hydrogen-bond donors (Lipinski definition) is 2. The Bertz CT molecular complexity index is 2090. The van der Waals surface area contributed by atoms with Crippen LogP contribution in [-0.4, -0.2) is 87.7 Å². The molecular formula is C33H30F3N7O6. The fourth-order valence-electron chi connectivity index (χ4n) is 6.86. The first-order valence-electron chi connectivity index (χ1n) is 15.6. The molecule has 1 unspecified atom stereocenters. The number of benzene rings is 1. The molecule has 1 aromatic carbocycles. The zero-order chi connectivity index (χ0) is 34.1. The van der Waals surface area contributed by atoms with Gasteiger partial charge in [-0.15, -0.1) is 0 Å². The number of nitrogen functional groups attached to an aromatic ring is 1. The quantitative estimate of drug-likeness (QED) is 0.258. The van der Waals surface area contributed by atoms with Crippen LogP contribution in [0.25, 0.3) is 33.2 Å². The van der Waals surface area contributed by atoms with Gasteiger partial charge in [0.05, 0.1) is 32.4 Å². The number of nitrogens with zero attached hydrogens (tertiary/aromatic N) is 6. The number of nitrogens with two attached hydrogens (primary N) is 1. The van der Waals surface area contributed by atoms with Crippen molar-refractivity contribution in [3.05, 3.63) is 60.7 Å². The van der Waals surface area contributed by atoms with Crippen LogP contribution in [0.2, 0.25) is 0 Å². The highest BCUT2D eigenvalue weighted by molar-refractivity contribution is 6.06. The second-order valence-corrected chi connectivity index (χ2v) is 12.4. The molecule has 7 heterocycles. The molecule has 0 bridgehead atoms. The minimum absolute atomic E-state index is 0.0477. The number of morpholine rings is 1. The molecule has 3 fully saturated rings. The third kappa shape index (κ3) is 5.22. The van der Waals surface area contributed by atoms with Crippen LogP contribution in [0, 0.1) is 0 Å². The number of hydrogen-bond acceptors (Lipinski definition) is 12. The summed E-state index contributed by atoms with van der Waals surface area (Å²) in [5.41, 5.74) is 7.84. The van der Waals surface area contributed by atoms with E-state index in [2.05, 4.69) is 24.8 Å². The molecule has 254 valence electrons. The van der Waals surface area contributed by atoms with Crippen molar-refractivity contribution in [3.63, 3.8) is 0 Å². The summed E-state index contributed by atoms with van der Waals surface area (Å²) in [6.07, 6.45) is -2.58. The first-order valence-corrected chi connectivity index (χ1v) is 15.6. The first kappa shape index (κ1) is 31.1. The van der Waals surface area contributed by atoms with Gasteiger partial charge in [0.25, 0.3) is 0 Å². The SMILES string of the molecule is C[C@@H]1N(c2cc(-c3cccnc3N)cnc2OC2C[C@@H](C(=O)O)N(c3nc(C(F)(F)F)nc4c3oc3ccccc34)C2)CCOC12COC2. The van der Waals surface area contributed by atoms with E-state index in [9.17, 15) is 23.1 Å². The Hall–Kier alpha value is -5.22. The van der Waals surface area contributed by atoms with Crippen molar-refractivity contribution in [2.24, 2.45) is 0 Å². The number of carboxylic acids is 1. The summed E-state index contributed by atoms with van der Waals surface area (Å²) in [6.45, 7) is 3.69. The second kappa shape index (κ2) is 11.4. The Morgan fingerprint density at radius 2 is 1.94 bits per heavy atom. The highest BCUT2D eigenvalue weighted by atomic mass is 19.4. The molecule has 3 aliphatic heterocycles. The lowest BCUT2D eigenvalue weighted by molar-refractivity contribution is -0.228. The van der Waals surface area contributed by atoms with E-state index in [0.29, 0.717) is 60.0 Å². The van der Waals surface area contributed by atoms with Crippen molar-refractivity contribution >= 4 is 45.4 Å². The van der Waals surface area contributed by atoms with Crippen molar-refractivity contribution in [1.29, 1.82) is 0 Å². The van der Waals surface area contributed by atoms with Crippen molar-refractivity contribution in [2.45, 2.75) is 43.3 Å². The third-order valence-corrected chi connectivity index (χ3v) is 9.49. The summed E-state index contributed by atoms with van der Waals surface area (Å²) >= 11 is 0. The van der Waals surface area contributed by atoms with Gasteiger partial charge in [0.2, 0.25) is 11.7 Å². The van der Waals surface area contributed by atoms with E-state index >= 15 is 0 Å². The number of carbonyl (C=O) groups is 1. The molecule has 49 heavy (non-hydrogen) atoms. The summed E-state index contributed by atoms with van der Waals surface area (Å²) in [4.78, 5) is 32.5. The lowest BCUT2D eigenvalue weighted by atomic mass is 9.90. The van der Waals surface area contributed by atoms with Gasteiger partial charge in [-0.25, -0.2) is 24.7 Å². The van der Waals surface area contributed by atoms with E-state index in [0.717, 1.165) is 0 Å². The lowest BCUT2D eigenvalue weighted by Gasteiger charge is -2.53. The standard InChI is InChI=1S/C33H30F3N7O6/c1-17-32(15-46-16-32)47-10-9-42(17)22-11-18(20-6-4-8-38-27(20)37)13-39-29(22)48-19-12-23(30(44)45)43(14-19)28-26-25(40-31(41-28)33(34,35)36)21-5-2-3-7-24(21)49-26/h2-8,11,13,17,19,23H,9-10,12,14-16H2,1H3,(H2,37,38)(H,44,45)/t17-,19?,23-/m0/s1. The highest BCUT2D eigenvalue weighted by Gasteiger charge is 2.50. The van der Waals surface area contributed by atoms with Crippen LogP contribution in [0.1, 0.15) is 19.2 Å². The third-order valence-electron chi connectivity index (χ3n) is 9.49. The van der Waals surface area contributed by atoms with E-state index in [-0.39, 0.29) is 41.8 Å². The van der Waals surface area contributed by atoms with Crippen LogP contribution in [0.4, 0.5) is 30.5 Å². The number of fused-ring (bicyclic) bond motifs is 3. The average Bonchev–Trinajstić information content (AvgIpc) is 3.66. The zero-order valence-electron chi connectivity index (χ0n) is 26.1. The molecule has 3 aliphatic rings. The van der Waals surface area contributed by atoms with Crippen molar-refractivity contribution in [3.8, 4) is 17.0 Å². The summed E-state index contributed by atoms with van der Waals surface area (Å²) in [7, 11) is 0. The Balaban J connectivity index is 1.19. The fourth-order valence-corrected chi connectivity index (χ4v) is 6.86. The van der Waals surface area contributed by atoms with Crippen molar-refractivity contribution < 1.29 is 41.7 Å². The first-order chi connectivity index (χ1) is 23.5. The number of halogens is 3. The molecule has 5 aromatic rings. The van der Waals surface area contributed by atoms with Crippen LogP contribution in [-0.2, 0) is 20.4 Å². The van der Waals surface area contributed by atoms with Crippen LogP contribution in [0.15, 0.2) is 59.3 Å². The molecule has 16 heteroatoms. The summed E-state index contributed by atoms with van der Waals surface area (Å²) in [5.74, 6) is -2.40. The number of para-hydroxylation sites is 1. The van der Waals surface area contributed by atoms with Gasteiger partial charge in [-0.05, 0) is 37.3 Å². The lowest BCUT2D eigenvalue weighted by Crippen LogP contribution is -2.68. The van der Waals surface area contributed by atoms with Crippen molar-refractivity contribution in [1.82, 2.24) is 19.9 Å². The molecule has 0 saturated carbocycles. The van der Waals surface area contributed by atoms with Gasteiger partial charge >= 0.3 is 12.1 Å². The molecule has 1 spiro atoms. The molecular weight excluding hydrogens is 647 g/mol. The maximum Gasteiger partial charge on any atom is 0.451 e. The Morgan fingerprint density at radius 1 is 1.12 bits per heavy atom. The van der Waals surface area contributed by atoms with Crippen molar-refractivity contribution in [2.75, 3.05) is 48.4 Å². The molecule has 3 N–H and O–H groups in total. The second-order valence-electron chi connectivity index (χ2n) is 12.4. The predicted molar refractivity (Wildman–Crippen MR) is 170 cm³/mol. The summed E-state index contributed by atoms with van der Waals surface area (Å²) in [6, 6.07) is 10.6. The molecule has 8 rings (SSSR count).